The maximum absolute atomic E-state index is 13.5. The van der Waals surface area contributed by atoms with Gasteiger partial charge in [-0.1, -0.05) is 24.3 Å². The predicted octanol–water partition coefficient (Wildman–Crippen LogP) is 6.22. The van der Waals surface area contributed by atoms with Crippen molar-refractivity contribution in [1.29, 1.82) is 0 Å². The Morgan fingerprint density at radius 1 is 1.09 bits per heavy atom. The zero-order valence-electron chi connectivity index (χ0n) is 18.1. The number of Topliss-reactive ketones (excluding diaryl/α,β-unsaturated/α-hetero) is 1. The smallest absolute Gasteiger partial charge is 0.274 e. The van der Waals surface area contributed by atoms with Crippen LogP contribution in [0.5, 0.6) is 5.75 Å². The van der Waals surface area contributed by atoms with E-state index in [9.17, 15) is 14.7 Å². The summed E-state index contributed by atoms with van der Waals surface area (Å²) in [6.07, 6.45) is 0. The number of rotatable bonds is 3. The third-order valence-corrected chi connectivity index (χ3v) is 6.50. The van der Waals surface area contributed by atoms with Crippen molar-refractivity contribution < 1.29 is 47.4 Å². The van der Waals surface area contributed by atoms with Gasteiger partial charge in [0.05, 0.1) is 5.69 Å². The van der Waals surface area contributed by atoms with Gasteiger partial charge < -0.3 is 22.4 Å². The first kappa shape index (κ1) is 25.7. The Morgan fingerprint density at radius 2 is 1.79 bits per heavy atom. The molecule has 33 heavy (non-hydrogen) atoms. The molecule has 0 saturated heterocycles. The number of aromatic amines is 1. The van der Waals surface area contributed by atoms with Crippen LogP contribution < -0.4 is 4.90 Å². The number of carbonyl (C=O) groups excluding carboxylic acids is 2. The number of phenols is 1. The number of carbonyl (C=O) groups is 2. The normalized spacial score (nSPS) is 14.8. The van der Waals surface area contributed by atoms with Crippen LogP contribution in [0.4, 0.5) is 5.69 Å². The van der Waals surface area contributed by atoms with Crippen LogP contribution in [0.2, 0.25) is 0 Å². The largest absolute Gasteiger partial charge is 0.507 e. The second kappa shape index (κ2) is 9.75. The molecule has 1 radical (unpaired) electrons. The summed E-state index contributed by atoms with van der Waals surface area (Å²) in [6.45, 7) is 1.81. The minimum Gasteiger partial charge on any atom is -0.507 e. The molecule has 5 rings (SSSR count). The minimum atomic E-state index is -0.717. The Bertz CT molecular complexity index is 1380. The molecule has 1 aliphatic rings. The van der Waals surface area contributed by atoms with Crippen LogP contribution in [0.25, 0.3) is 21.7 Å². The van der Waals surface area contributed by atoms with Crippen LogP contribution in [0.3, 0.4) is 0 Å². The number of hydrogen-bond acceptors (Lipinski definition) is 3. The van der Waals surface area contributed by atoms with E-state index in [-0.39, 0.29) is 63.5 Å². The number of fused-ring (bicyclic) bond motifs is 4. The van der Waals surface area contributed by atoms with Crippen molar-refractivity contribution in [2.75, 3.05) is 11.4 Å². The zero-order chi connectivity index (χ0) is 21.9. The third kappa shape index (κ3) is 4.32. The van der Waals surface area contributed by atoms with E-state index in [1.165, 1.54) is 6.92 Å². The van der Waals surface area contributed by atoms with Gasteiger partial charge in [0.1, 0.15) is 16.3 Å². The molecule has 0 unspecified atom stereocenters. The van der Waals surface area contributed by atoms with Crippen molar-refractivity contribution in [2.24, 2.45) is 0 Å². The van der Waals surface area contributed by atoms with Crippen molar-refractivity contribution in [3.63, 3.8) is 0 Å². The molecule has 3 aromatic carbocycles. The van der Waals surface area contributed by atoms with Gasteiger partial charge in [-0.3, -0.25) is 9.59 Å². The Morgan fingerprint density at radius 3 is 2.45 bits per heavy atom. The fraction of sp³-hybridized carbons (Fsp3) is 0.160. The third-order valence-electron chi connectivity index (χ3n) is 5.89. The standard InChI is InChI=1S/C24H18Cl2N2O3.CH3.Y/c1-12(29)13-6-7-18-14(8-13)9-19(27-18)24(31)28-11-17(23(25)26)22-16-5-3-2-4-15(16)21(30)10-20(22)28;;/h2-10,17,23,27,30H,11H2,1H3;1H3;/q;-1;/t17-;;/m1../s1. The van der Waals surface area contributed by atoms with Crippen LogP contribution in [-0.4, -0.2) is 33.2 Å². The number of aromatic hydroxyl groups is 1. The number of anilines is 1. The molecular formula is C25H21Cl2N2O3Y-. The van der Waals surface area contributed by atoms with Crippen LogP contribution in [0.1, 0.15) is 39.3 Å². The summed E-state index contributed by atoms with van der Waals surface area (Å²) in [7, 11) is 0. The van der Waals surface area contributed by atoms with Crippen molar-refractivity contribution in [2.45, 2.75) is 17.7 Å². The predicted molar refractivity (Wildman–Crippen MR) is 130 cm³/mol. The maximum Gasteiger partial charge on any atom is 0.274 e. The maximum atomic E-state index is 13.5. The molecule has 0 bridgehead atoms. The average Bonchev–Trinajstić information content (AvgIpc) is 3.34. The van der Waals surface area contributed by atoms with Crippen LogP contribution in [0.15, 0.2) is 54.6 Å². The minimum absolute atomic E-state index is 0. The van der Waals surface area contributed by atoms with E-state index in [0.717, 1.165) is 21.9 Å². The number of H-pyrrole nitrogens is 1. The summed E-state index contributed by atoms with van der Waals surface area (Å²) in [5.41, 5.74) is 3.18. The average molecular weight is 557 g/mol. The monoisotopic (exact) mass is 556 g/mol. The van der Waals surface area contributed by atoms with Gasteiger partial charge in [0.2, 0.25) is 0 Å². The topological polar surface area (TPSA) is 73.4 Å². The molecule has 1 atom stereocenters. The van der Waals surface area contributed by atoms with E-state index in [1.54, 1.807) is 35.2 Å². The molecular weight excluding hydrogens is 536 g/mol. The molecule has 8 heteroatoms. The van der Waals surface area contributed by atoms with E-state index in [1.807, 2.05) is 24.3 Å². The van der Waals surface area contributed by atoms with E-state index < -0.39 is 4.84 Å². The molecule has 167 valence electrons. The Balaban J connectivity index is 0.00000153. The number of halogens is 2. The van der Waals surface area contributed by atoms with E-state index in [4.69, 9.17) is 23.2 Å². The molecule has 1 aromatic heterocycles. The molecule has 4 aromatic rings. The van der Waals surface area contributed by atoms with Gasteiger partial charge in [0.25, 0.3) is 5.91 Å². The van der Waals surface area contributed by atoms with Gasteiger partial charge in [0.15, 0.2) is 5.78 Å². The first-order valence-corrected chi connectivity index (χ1v) is 10.7. The molecule has 0 saturated carbocycles. The fourth-order valence-electron chi connectivity index (χ4n) is 4.37. The van der Waals surface area contributed by atoms with Crippen LogP contribution >= 0.6 is 23.2 Å². The number of alkyl halides is 2. The quantitative estimate of drug-likeness (QED) is 0.178. The number of nitrogens with zero attached hydrogens (tertiary/aromatic N) is 1. The first-order valence-electron chi connectivity index (χ1n) is 9.83. The van der Waals surface area contributed by atoms with E-state index in [0.29, 0.717) is 28.9 Å². The fourth-order valence-corrected chi connectivity index (χ4v) is 4.79. The molecule has 1 aliphatic heterocycles. The SMILES string of the molecule is CC(=O)c1ccc2[nH]c(C(=O)N3C[C@@H](C(Cl)Cl)c4c3cc(O)c3ccccc43)cc2c1.[CH3-].[Y]. The van der Waals surface area contributed by atoms with Crippen molar-refractivity contribution in [3.05, 3.63) is 78.8 Å². The van der Waals surface area contributed by atoms with Gasteiger partial charge in [0, 0.05) is 73.1 Å². The summed E-state index contributed by atoms with van der Waals surface area (Å²) < 4.78 is 0. The number of aromatic nitrogens is 1. The molecule has 0 fully saturated rings. The zero-order valence-corrected chi connectivity index (χ0v) is 22.5. The number of nitrogens with one attached hydrogen (secondary N) is 1. The van der Waals surface area contributed by atoms with Gasteiger partial charge >= 0.3 is 0 Å². The second-order valence-electron chi connectivity index (χ2n) is 7.77. The second-order valence-corrected chi connectivity index (χ2v) is 8.94. The van der Waals surface area contributed by atoms with Crippen molar-refractivity contribution in [1.82, 2.24) is 4.98 Å². The van der Waals surface area contributed by atoms with Crippen LogP contribution in [0, 0.1) is 7.43 Å². The summed E-state index contributed by atoms with van der Waals surface area (Å²) in [6, 6.07) is 16.1. The summed E-state index contributed by atoms with van der Waals surface area (Å²) in [5.74, 6) is -0.490. The molecule has 0 aliphatic carbocycles. The van der Waals surface area contributed by atoms with E-state index in [2.05, 4.69) is 4.98 Å². The molecule has 2 heterocycles. The number of amides is 1. The van der Waals surface area contributed by atoms with Gasteiger partial charge in [-0.2, -0.15) is 0 Å². The first-order chi connectivity index (χ1) is 14.8. The van der Waals surface area contributed by atoms with Gasteiger partial charge in [-0.15, -0.1) is 23.2 Å². The van der Waals surface area contributed by atoms with Gasteiger partial charge in [-0.05, 0) is 42.1 Å². The summed E-state index contributed by atoms with van der Waals surface area (Å²) in [5, 5.41) is 12.9. The molecule has 1 amide bonds. The van der Waals surface area contributed by atoms with E-state index >= 15 is 0 Å². The molecule has 5 nitrogen and oxygen atoms in total. The number of phenolic OH excluding ortho intramolecular Hbond substituents is 1. The summed E-state index contributed by atoms with van der Waals surface area (Å²) in [4.78, 5) is 29.2. The van der Waals surface area contributed by atoms with Crippen LogP contribution in [-0.2, 0) is 32.7 Å². The summed E-state index contributed by atoms with van der Waals surface area (Å²) >= 11 is 12.6. The number of hydrogen-bond donors (Lipinski definition) is 2. The van der Waals surface area contributed by atoms with Crippen molar-refractivity contribution >= 4 is 62.3 Å². The molecule has 2 N–H and O–H groups in total. The van der Waals surface area contributed by atoms with Crippen molar-refractivity contribution in [3.8, 4) is 5.75 Å². The molecule has 0 spiro atoms. The Labute approximate surface area is 226 Å². The Hall–Kier alpha value is -1.92. The van der Waals surface area contributed by atoms with Gasteiger partial charge in [-0.25, -0.2) is 0 Å². The Kier molecular flexibility index (Phi) is 7.59. The number of benzene rings is 3. The number of ketones is 1.